The average Bonchev–Trinajstić information content (AvgIpc) is 3.26. The minimum absolute atomic E-state index is 0. The van der Waals surface area contributed by atoms with Crippen molar-refractivity contribution < 1.29 is 4.79 Å². The number of amides is 1. The Morgan fingerprint density at radius 3 is 2.48 bits per heavy atom. The van der Waals surface area contributed by atoms with Gasteiger partial charge in [0.2, 0.25) is 5.91 Å². The van der Waals surface area contributed by atoms with Crippen molar-refractivity contribution in [2.45, 2.75) is 38.6 Å². The van der Waals surface area contributed by atoms with Gasteiger partial charge in [-0.2, -0.15) is 0 Å². The zero-order chi connectivity index (χ0) is 17.7. The third-order valence-electron chi connectivity index (χ3n) is 4.14. The average molecular weight is 458 g/mol. The highest BCUT2D eigenvalue weighted by Gasteiger charge is 2.38. The molecule has 0 spiro atoms. The van der Waals surface area contributed by atoms with Gasteiger partial charge in [-0.05, 0) is 44.6 Å². The number of benzene rings is 1. The number of nitrogens with zero attached hydrogens (tertiary/aromatic N) is 2. The lowest BCUT2D eigenvalue weighted by atomic mass is 10.1. The number of rotatable bonds is 5. The van der Waals surface area contributed by atoms with Gasteiger partial charge in [-0.25, -0.2) is 0 Å². The molecule has 6 heteroatoms. The number of nitrogens with one attached hydrogen (secondary N) is 2. The molecule has 0 radical (unpaired) electrons. The largest absolute Gasteiger partial charge is 0.356 e. The molecule has 2 unspecified atom stereocenters. The monoisotopic (exact) mass is 458 g/mol. The van der Waals surface area contributed by atoms with E-state index in [1.807, 2.05) is 32.7 Å². The molecule has 1 fully saturated rings. The number of guanidine groups is 1. The van der Waals surface area contributed by atoms with Gasteiger partial charge in [0.15, 0.2) is 5.96 Å². The molecule has 1 amide bonds. The molecular weight excluding hydrogens is 427 g/mol. The molecule has 0 saturated heterocycles. The van der Waals surface area contributed by atoms with Gasteiger partial charge < -0.3 is 15.5 Å². The second-order valence-electron chi connectivity index (χ2n) is 7.60. The van der Waals surface area contributed by atoms with Gasteiger partial charge in [0.1, 0.15) is 0 Å². The maximum Gasteiger partial charge on any atom is 0.240 e. The van der Waals surface area contributed by atoms with Crippen molar-refractivity contribution in [2.75, 3.05) is 27.2 Å². The molecule has 1 aromatic carbocycles. The Labute approximate surface area is 168 Å². The number of likely N-dealkylation sites (N-methyl/N-ethyl adjacent to an activating group) is 1. The number of hydrogen-bond donors (Lipinski definition) is 2. The van der Waals surface area contributed by atoms with Crippen molar-refractivity contribution in [1.29, 1.82) is 0 Å². The molecule has 0 bridgehead atoms. The summed E-state index contributed by atoms with van der Waals surface area (Å²) in [5.41, 5.74) is 1.20. The van der Waals surface area contributed by atoms with E-state index in [1.165, 1.54) is 12.0 Å². The summed E-state index contributed by atoms with van der Waals surface area (Å²) in [5.74, 6) is 2.05. The van der Waals surface area contributed by atoms with Crippen molar-refractivity contribution in [3.63, 3.8) is 0 Å². The number of carbonyl (C=O) groups excluding carboxylic acids is 1. The molecule has 0 aliphatic heterocycles. The highest BCUT2D eigenvalue weighted by molar-refractivity contribution is 14.0. The maximum atomic E-state index is 12.0. The summed E-state index contributed by atoms with van der Waals surface area (Å²) < 4.78 is 0. The maximum absolute atomic E-state index is 12.0. The highest BCUT2D eigenvalue weighted by atomic mass is 127. The van der Waals surface area contributed by atoms with Crippen LogP contribution in [0.25, 0.3) is 0 Å². The van der Waals surface area contributed by atoms with Gasteiger partial charge in [-0.15, -0.1) is 24.0 Å². The molecule has 0 aromatic heterocycles. The van der Waals surface area contributed by atoms with Crippen LogP contribution in [0, 0.1) is 5.92 Å². The first-order valence-electron chi connectivity index (χ1n) is 8.58. The predicted octanol–water partition coefficient (Wildman–Crippen LogP) is 2.83. The Morgan fingerprint density at radius 2 is 1.92 bits per heavy atom. The van der Waals surface area contributed by atoms with Crippen LogP contribution in [-0.2, 0) is 4.79 Å². The Bertz CT molecular complexity index is 583. The Hall–Kier alpha value is -1.31. The van der Waals surface area contributed by atoms with Gasteiger partial charge in [0.05, 0.1) is 6.54 Å². The van der Waals surface area contributed by atoms with Crippen LogP contribution in [0.15, 0.2) is 35.3 Å². The molecule has 1 saturated carbocycles. The Morgan fingerprint density at radius 1 is 1.28 bits per heavy atom. The van der Waals surface area contributed by atoms with Crippen molar-refractivity contribution in [3.05, 3.63) is 35.9 Å². The van der Waals surface area contributed by atoms with Crippen molar-refractivity contribution >= 4 is 35.8 Å². The molecule has 1 aliphatic rings. The lowest BCUT2D eigenvalue weighted by molar-refractivity contribution is -0.122. The standard InChI is InChI=1S/C19H30N4O.HI/c1-19(2,3)22-17(24)13-23(5)18(20-4)21-12-15-11-16(15)14-9-7-6-8-10-14;/h6-10,15-16H,11-13H2,1-5H3,(H,20,21)(H,22,24);1H. The lowest BCUT2D eigenvalue weighted by Gasteiger charge is -2.25. The Kier molecular flexibility index (Phi) is 8.18. The smallest absolute Gasteiger partial charge is 0.240 e. The molecule has 2 atom stereocenters. The zero-order valence-electron chi connectivity index (χ0n) is 15.9. The fourth-order valence-electron chi connectivity index (χ4n) is 2.94. The van der Waals surface area contributed by atoms with Gasteiger partial charge >= 0.3 is 0 Å². The van der Waals surface area contributed by atoms with E-state index in [0.717, 1.165) is 12.5 Å². The van der Waals surface area contributed by atoms with Gasteiger partial charge in [-0.3, -0.25) is 9.79 Å². The van der Waals surface area contributed by atoms with E-state index in [2.05, 4.69) is 46.0 Å². The summed E-state index contributed by atoms with van der Waals surface area (Å²) in [6, 6.07) is 10.6. The summed E-state index contributed by atoms with van der Waals surface area (Å²) in [6.45, 7) is 7.12. The summed E-state index contributed by atoms with van der Waals surface area (Å²) in [4.78, 5) is 18.2. The molecular formula is C19H31IN4O. The minimum Gasteiger partial charge on any atom is -0.356 e. The second kappa shape index (κ2) is 9.40. The van der Waals surface area contributed by atoms with Crippen LogP contribution >= 0.6 is 24.0 Å². The third-order valence-corrected chi connectivity index (χ3v) is 4.14. The van der Waals surface area contributed by atoms with Crippen LogP contribution in [0.4, 0.5) is 0 Å². The second-order valence-corrected chi connectivity index (χ2v) is 7.60. The Balaban J connectivity index is 0.00000312. The summed E-state index contributed by atoms with van der Waals surface area (Å²) in [7, 11) is 3.64. The number of carbonyl (C=O) groups is 1. The summed E-state index contributed by atoms with van der Waals surface area (Å²) >= 11 is 0. The molecule has 0 heterocycles. The third kappa shape index (κ3) is 7.22. The van der Waals surface area contributed by atoms with Crippen LogP contribution < -0.4 is 10.6 Å². The normalized spacial score (nSPS) is 19.6. The van der Waals surface area contributed by atoms with E-state index >= 15 is 0 Å². The molecule has 140 valence electrons. The molecule has 2 N–H and O–H groups in total. The first-order valence-corrected chi connectivity index (χ1v) is 8.58. The highest BCUT2D eigenvalue weighted by Crippen LogP contribution is 2.46. The van der Waals surface area contributed by atoms with Crippen LogP contribution in [0.3, 0.4) is 0 Å². The molecule has 2 rings (SSSR count). The lowest BCUT2D eigenvalue weighted by Crippen LogP contribution is -2.49. The fraction of sp³-hybridized carbons (Fsp3) is 0.579. The van der Waals surface area contributed by atoms with Crippen LogP contribution in [-0.4, -0.2) is 49.5 Å². The number of halogens is 1. The minimum atomic E-state index is -0.216. The van der Waals surface area contributed by atoms with Crippen LogP contribution in [0.2, 0.25) is 0 Å². The SMILES string of the molecule is CN=C(NCC1CC1c1ccccc1)N(C)CC(=O)NC(C)(C)C.I. The topological polar surface area (TPSA) is 56.7 Å². The van der Waals surface area contributed by atoms with E-state index in [9.17, 15) is 4.79 Å². The number of hydrogen-bond acceptors (Lipinski definition) is 2. The first-order chi connectivity index (χ1) is 11.3. The van der Waals surface area contributed by atoms with E-state index in [4.69, 9.17) is 0 Å². The molecule has 1 aromatic rings. The van der Waals surface area contributed by atoms with Gasteiger partial charge in [0, 0.05) is 26.2 Å². The van der Waals surface area contributed by atoms with E-state index in [0.29, 0.717) is 18.4 Å². The molecule has 5 nitrogen and oxygen atoms in total. The van der Waals surface area contributed by atoms with Crippen molar-refractivity contribution in [1.82, 2.24) is 15.5 Å². The van der Waals surface area contributed by atoms with Crippen molar-refractivity contribution in [2.24, 2.45) is 10.9 Å². The van der Waals surface area contributed by atoms with E-state index in [-0.39, 0.29) is 35.4 Å². The first kappa shape index (κ1) is 21.7. The quantitative estimate of drug-likeness (QED) is 0.406. The number of aliphatic imine (C=N–C) groups is 1. The summed E-state index contributed by atoms with van der Waals surface area (Å²) in [5, 5.41) is 6.37. The van der Waals surface area contributed by atoms with E-state index < -0.39 is 0 Å². The molecule has 1 aliphatic carbocycles. The van der Waals surface area contributed by atoms with Crippen molar-refractivity contribution in [3.8, 4) is 0 Å². The molecule has 25 heavy (non-hydrogen) atoms. The summed E-state index contributed by atoms with van der Waals surface area (Å²) in [6.07, 6.45) is 1.21. The van der Waals surface area contributed by atoms with E-state index in [1.54, 1.807) is 7.05 Å². The predicted molar refractivity (Wildman–Crippen MR) is 115 cm³/mol. The van der Waals surface area contributed by atoms with Crippen LogP contribution in [0.1, 0.15) is 38.7 Å². The van der Waals surface area contributed by atoms with Gasteiger partial charge in [-0.1, -0.05) is 30.3 Å². The van der Waals surface area contributed by atoms with Crippen LogP contribution in [0.5, 0.6) is 0 Å². The fourth-order valence-corrected chi connectivity index (χ4v) is 2.94. The van der Waals surface area contributed by atoms with Gasteiger partial charge in [0.25, 0.3) is 0 Å². The zero-order valence-corrected chi connectivity index (χ0v) is 18.2.